The molecular weight excluding hydrogens is 231 g/mol. The molecule has 0 atom stereocenters. The lowest BCUT2D eigenvalue weighted by molar-refractivity contribution is -0.114. The first-order valence-corrected chi connectivity index (χ1v) is 5.61. The molecule has 1 aromatic carbocycles. The van der Waals surface area contributed by atoms with Crippen LogP contribution in [0.1, 0.15) is 24.8 Å². The molecule has 78 valence electrons. The number of benzene rings is 1. The smallest absolute Gasteiger partial charge is 0.155 e. The van der Waals surface area contributed by atoms with Crippen LogP contribution in [0.5, 0.6) is 0 Å². The van der Waals surface area contributed by atoms with E-state index in [1.165, 1.54) is 0 Å². The summed E-state index contributed by atoms with van der Waals surface area (Å²) in [6.07, 6.45) is 4.22. The number of hydrogen-bond acceptors (Lipinski definition) is 1. The minimum absolute atomic E-state index is 0.197. The van der Waals surface area contributed by atoms with Crippen molar-refractivity contribution < 1.29 is 4.79 Å². The third kappa shape index (κ3) is 2.42. The van der Waals surface area contributed by atoms with Crippen LogP contribution in [0.25, 0.3) is 5.57 Å². The lowest BCUT2D eigenvalue weighted by Gasteiger charge is -2.12. The predicted molar refractivity (Wildman–Crippen MR) is 63.3 cm³/mol. The first-order chi connectivity index (χ1) is 7.16. The predicted octanol–water partition coefficient (Wildman–Crippen LogP) is 4.13. The van der Waals surface area contributed by atoms with E-state index in [-0.39, 0.29) is 5.78 Å². The Morgan fingerprint density at radius 1 is 1.07 bits per heavy atom. The standard InChI is InChI=1S/C12H10Cl2O/c13-11-5-4-9(7-12(11)14)8-2-1-3-10(15)6-8/h4-7H,1-3H2. The molecule has 0 saturated carbocycles. The van der Waals surface area contributed by atoms with Crippen molar-refractivity contribution in [3.05, 3.63) is 39.9 Å². The molecule has 0 N–H and O–H groups in total. The number of carbonyl (C=O) groups excluding carboxylic acids is 1. The quantitative estimate of drug-likeness (QED) is 0.722. The van der Waals surface area contributed by atoms with E-state index >= 15 is 0 Å². The molecule has 2 rings (SSSR count). The highest BCUT2D eigenvalue weighted by Crippen LogP contribution is 2.30. The summed E-state index contributed by atoms with van der Waals surface area (Å²) in [5.74, 6) is 0.197. The Labute approximate surface area is 98.7 Å². The minimum atomic E-state index is 0.197. The van der Waals surface area contributed by atoms with Crippen molar-refractivity contribution >= 4 is 34.6 Å². The van der Waals surface area contributed by atoms with Crippen LogP contribution in [0.2, 0.25) is 10.0 Å². The van der Waals surface area contributed by atoms with Crippen LogP contribution < -0.4 is 0 Å². The van der Waals surface area contributed by atoms with Gasteiger partial charge in [-0.2, -0.15) is 0 Å². The van der Waals surface area contributed by atoms with Crippen molar-refractivity contribution in [2.45, 2.75) is 19.3 Å². The van der Waals surface area contributed by atoms with Crippen LogP contribution in [-0.2, 0) is 4.79 Å². The van der Waals surface area contributed by atoms with Crippen LogP contribution in [0.3, 0.4) is 0 Å². The van der Waals surface area contributed by atoms with Gasteiger partial charge in [-0.05, 0) is 42.2 Å². The molecule has 0 saturated heterocycles. The zero-order chi connectivity index (χ0) is 10.8. The number of carbonyl (C=O) groups is 1. The second-order valence-electron chi connectivity index (χ2n) is 3.62. The number of rotatable bonds is 1. The molecule has 0 amide bonds. The second-order valence-corrected chi connectivity index (χ2v) is 4.43. The minimum Gasteiger partial charge on any atom is -0.295 e. The lowest BCUT2D eigenvalue weighted by Crippen LogP contribution is -2.01. The fraction of sp³-hybridized carbons (Fsp3) is 0.250. The number of allylic oxidation sites excluding steroid dienone is 2. The van der Waals surface area contributed by atoms with Gasteiger partial charge in [0.25, 0.3) is 0 Å². The highest BCUT2D eigenvalue weighted by atomic mass is 35.5. The average molecular weight is 241 g/mol. The molecule has 0 heterocycles. The molecule has 3 heteroatoms. The largest absolute Gasteiger partial charge is 0.295 e. The third-order valence-electron chi connectivity index (χ3n) is 2.49. The maximum atomic E-state index is 11.3. The van der Waals surface area contributed by atoms with Gasteiger partial charge in [0.1, 0.15) is 0 Å². The van der Waals surface area contributed by atoms with E-state index in [9.17, 15) is 4.79 Å². The van der Waals surface area contributed by atoms with Gasteiger partial charge in [-0.15, -0.1) is 0 Å². The number of halogens is 2. The summed E-state index contributed by atoms with van der Waals surface area (Å²) in [5, 5.41) is 1.08. The van der Waals surface area contributed by atoms with Crippen molar-refractivity contribution in [3.63, 3.8) is 0 Å². The third-order valence-corrected chi connectivity index (χ3v) is 3.23. The molecule has 1 nitrogen and oxygen atoms in total. The topological polar surface area (TPSA) is 17.1 Å². The normalized spacial score (nSPS) is 16.4. The molecule has 0 unspecified atom stereocenters. The Hall–Kier alpha value is -0.790. The van der Waals surface area contributed by atoms with Gasteiger partial charge < -0.3 is 0 Å². The molecule has 0 radical (unpaired) electrons. The van der Waals surface area contributed by atoms with E-state index in [0.717, 1.165) is 24.0 Å². The maximum Gasteiger partial charge on any atom is 0.155 e. The molecule has 1 aliphatic rings. The van der Waals surface area contributed by atoms with Gasteiger partial charge in [0.2, 0.25) is 0 Å². The molecule has 1 aliphatic carbocycles. The molecule has 0 fully saturated rings. The van der Waals surface area contributed by atoms with Gasteiger partial charge in [0, 0.05) is 6.42 Å². The van der Waals surface area contributed by atoms with Gasteiger partial charge in [0.15, 0.2) is 5.78 Å². The number of hydrogen-bond donors (Lipinski definition) is 0. The molecule has 0 spiro atoms. The molecule has 0 aliphatic heterocycles. The SMILES string of the molecule is O=C1C=C(c2ccc(Cl)c(Cl)c2)CCC1. The van der Waals surface area contributed by atoms with E-state index < -0.39 is 0 Å². The van der Waals surface area contributed by atoms with Crippen LogP contribution >= 0.6 is 23.2 Å². The molecule has 1 aromatic rings. The van der Waals surface area contributed by atoms with Gasteiger partial charge in [-0.3, -0.25) is 4.79 Å². The monoisotopic (exact) mass is 240 g/mol. The summed E-state index contributed by atoms with van der Waals surface area (Å²) in [7, 11) is 0. The highest BCUT2D eigenvalue weighted by molar-refractivity contribution is 6.42. The Balaban J connectivity index is 2.37. The van der Waals surface area contributed by atoms with Crippen LogP contribution in [-0.4, -0.2) is 5.78 Å². The molecule has 0 aromatic heterocycles. The number of ketones is 1. The van der Waals surface area contributed by atoms with E-state index in [4.69, 9.17) is 23.2 Å². The Morgan fingerprint density at radius 2 is 1.87 bits per heavy atom. The zero-order valence-electron chi connectivity index (χ0n) is 8.09. The Bertz CT molecular complexity index is 435. The fourth-order valence-electron chi connectivity index (χ4n) is 1.72. The van der Waals surface area contributed by atoms with Gasteiger partial charge in [0.05, 0.1) is 10.0 Å². The summed E-state index contributed by atoms with van der Waals surface area (Å²) >= 11 is 11.8. The summed E-state index contributed by atoms with van der Waals surface area (Å²) < 4.78 is 0. The first kappa shape index (κ1) is 10.7. The maximum absolute atomic E-state index is 11.3. The summed E-state index contributed by atoms with van der Waals surface area (Å²) in [6.45, 7) is 0. The Morgan fingerprint density at radius 3 is 2.53 bits per heavy atom. The summed E-state index contributed by atoms with van der Waals surface area (Å²) in [6, 6.07) is 5.48. The van der Waals surface area contributed by atoms with Gasteiger partial charge in [-0.1, -0.05) is 29.3 Å². The summed E-state index contributed by atoms with van der Waals surface area (Å²) in [4.78, 5) is 11.3. The van der Waals surface area contributed by atoms with Gasteiger partial charge in [-0.25, -0.2) is 0 Å². The molecule has 0 bridgehead atoms. The van der Waals surface area contributed by atoms with E-state index in [1.807, 2.05) is 12.1 Å². The average Bonchev–Trinajstić information content (AvgIpc) is 2.22. The fourth-order valence-corrected chi connectivity index (χ4v) is 2.01. The Kier molecular flexibility index (Phi) is 3.13. The van der Waals surface area contributed by atoms with Crippen molar-refractivity contribution in [1.82, 2.24) is 0 Å². The van der Waals surface area contributed by atoms with Crippen molar-refractivity contribution in [2.75, 3.05) is 0 Å². The molecular formula is C12H10Cl2O. The molecule has 15 heavy (non-hydrogen) atoms. The van der Waals surface area contributed by atoms with Crippen LogP contribution in [0.15, 0.2) is 24.3 Å². The van der Waals surface area contributed by atoms with Crippen molar-refractivity contribution in [1.29, 1.82) is 0 Å². The first-order valence-electron chi connectivity index (χ1n) is 4.85. The van der Waals surface area contributed by atoms with Gasteiger partial charge >= 0.3 is 0 Å². The van der Waals surface area contributed by atoms with E-state index in [1.54, 1.807) is 12.1 Å². The van der Waals surface area contributed by atoms with E-state index in [2.05, 4.69) is 0 Å². The summed E-state index contributed by atoms with van der Waals surface area (Å²) in [5.41, 5.74) is 2.06. The lowest BCUT2D eigenvalue weighted by atomic mass is 9.93. The van der Waals surface area contributed by atoms with Crippen LogP contribution in [0.4, 0.5) is 0 Å². The van der Waals surface area contributed by atoms with Crippen molar-refractivity contribution in [2.24, 2.45) is 0 Å². The highest BCUT2D eigenvalue weighted by Gasteiger charge is 2.12. The zero-order valence-corrected chi connectivity index (χ0v) is 9.61. The van der Waals surface area contributed by atoms with E-state index in [0.29, 0.717) is 16.5 Å². The van der Waals surface area contributed by atoms with Crippen LogP contribution in [0, 0.1) is 0 Å². The van der Waals surface area contributed by atoms with Crippen molar-refractivity contribution in [3.8, 4) is 0 Å². The second kappa shape index (κ2) is 4.38.